The van der Waals surface area contributed by atoms with E-state index in [4.69, 9.17) is 14.2 Å². The Labute approximate surface area is 215 Å². The van der Waals surface area contributed by atoms with Crippen LogP contribution in [0, 0.1) is 5.92 Å². The number of fused-ring (bicyclic) bond motifs is 1. The van der Waals surface area contributed by atoms with Gasteiger partial charge in [-0.15, -0.1) is 11.8 Å². The summed E-state index contributed by atoms with van der Waals surface area (Å²) in [5, 5.41) is 2.88. The SMILES string of the molecule is COc1ccc([C@H]2Sc3ccccc3N(C(C3CCNC3)C(C)OC(C)=O)C(=O)[C@H]2OC(C)=O)cc1. The number of nitrogens with zero attached hydrogens (tertiary/aromatic N) is 1. The molecule has 2 aliphatic heterocycles. The average molecular weight is 513 g/mol. The van der Waals surface area contributed by atoms with Gasteiger partial charge in [0.2, 0.25) is 0 Å². The van der Waals surface area contributed by atoms with Crippen molar-refractivity contribution >= 4 is 35.3 Å². The molecule has 1 amide bonds. The fourth-order valence-electron chi connectivity index (χ4n) is 5.08. The van der Waals surface area contributed by atoms with Crippen molar-refractivity contribution in [1.82, 2.24) is 5.32 Å². The van der Waals surface area contributed by atoms with Gasteiger partial charge in [0.05, 0.1) is 24.1 Å². The summed E-state index contributed by atoms with van der Waals surface area (Å²) in [5.41, 5.74) is 1.56. The Morgan fingerprint density at radius 1 is 1.08 bits per heavy atom. The Morgan fingerprint density at radius 2 is 1.81 bits per heavy atom. The molecule has 192 valence electrons. The lowest BCUT2D eigenvalue weighted by atomic mass is 9.91. The third-order valence-corrected chi connectivity index (χ3v) is 7.96. The van der Waals surface area contributed by atoms with Crippen LogP contribution in [0.1, 0.15) is 38.0 Å². The van der Waals surface area contributed by atoms with E-state index < -0.39 is 35.4 Å². The number of benzene rings is 2. The van der Waals surface area contributed by atoms with E-state index in [1.165, 1.54) is 25.6 Å². The summed E-state index contributed by atoms with van der Waals surface area (Å²) < 4.78 is 16.7. The first-order chi connectivity index (χ1) is 17.3. The number of anilines is 1. The van der Waals surface area contributed by atoms with Crippen molar-refractivity contribution in [3.05, 3.63) is 54.1 Å². The molecule has 0 aliphatic carbocycles. The minimum atomic E-state index is -1.07. The van der Waals surface area contributed by atoms with Gasteiger partial charge in [0.1, 0.15) is 11.9 Å². The van der Waals surface area contributed by atoms with Gasteiger partial charge in [-0.1, -0.05) is 24.3 Å². The van der Waals surface area contributed by atoms with Crippen molar-refractivity contribution in [2.45, 2.75) is 55.6 Å². The first-order valence-electron chi connectivity index (χ1n) is 12.1. The molecule has 5 atom stereocenters. The molecule has 2 aromatic rings. The molecule has 8 nitrogen and oxygen atoms in total. The quantitative estimate of drug-likeness (QED) is 0.561. The summed E-state index contributed by atoms with van der Waals surface area (Å²) in [4.78, 5) is 41.1. The molecule has 2 heterocycles. The van der Waals surface area contributed by atoms with Crippen LogP contribution in [0.4, 0.5) is 5.69 Å². The Kier molecular flexibility index (Phi) is 8.21. The highest BCUT2D eigenvalue weighted by Crippen LogP contribution is 2.48. The summed E-state index contributed by atoms with van der Waals surface area (Å²) in [7, 11) is 1.59. The van der Waals surface area contributed by atoms with Gasteiger partial charge in [-0.2, -0.15) is 0 Å². The van der Waals surface area contributed by atoms with Gasteiger partial charge in [0.25, 0.3) is 5.91 Å². The third-order valence-electron chi connectivity index (χ3n) is 6.58. The third kappa shape index (κ3) is 5.52. The van der Waals surface area contributed by atoms with E-state index in [1.54, 1.807) is 12.0 Å². The number of hydrogen-bond donors (Lipinski definition) is 1. The smallest absolute Gasteiger partial charge is 0.303 e. The van der Waals surface area contributed by atoms with Crippen LogP contribution in [0.3, 0.4) is 0 Å². The van der Waals surface area contributed by atoms with Crippen LogP contribution in [0.15, 0.2) is 53.4 Å². The van der Waals surface area contributed by atoms with Crippen molar-refractivity contribution < 1.29 is 28.6 Å². The van der Waals surface area contributed by atoms with E-state index in [1.807, 2.05) is 55.5 Å². The average Bonchev–Trinajstić information content (AvgIpc) is 3.35. The summed E-state index contributed by atoms with van der Waals surface area (Å²) in [6.45, 7) is 6.00. The van der Waals surface area contributed by atoms with Gasteiger partial charge in [-0.05, 0) is 55.6 Å². The Hall–Kier alpha value is -3.04. The standard InChI is InChI=1S/C27H32N2O6S/c1-16(34-17(2)30)24(20-13-14-28-15-20)29-22-7-5-6-8-23(22)36-26(25(27(29)32)35-18(3)31)19-9-11-21(33-4)12-10-19/h5-12,16,20,24-26,28H,13-15H2,1-4H3/t16?,20?,24?,25-,26+/m0/s1. The molecule has 4 rings (SSSR count). The lowest BCUT2D eigenvalue weighted by Crippen LogP contribution is -2.55. The second-order valence-electron chi connectivity index (χ2n) is 9.08. The van der Waals surface area contributed by atoms with Crippen LogP contribution >= 0.6 is 11.8 Å². The molecule has 1 N–H and O–H groups in total. The largest absolute Gasteiger partial charge is 0.497 e. The summed E-state index contributed by atoms with van der Waals surface area (Å²) in [5.74, 6) is -0.531. The highest BCUT2D eigenvalue weighted by molar-refractivity contribution is 7.99. The van der Waals surface area contributed by atoms with Crippen LogP contribution in [0.5, 0.6) is 5.75 Å². The first kappa shape index (κ1) is 26.0. The lowest BCUT2D eigenvalue weighted by Gasteiger charge is -2.39. The first-order valence-corrected chi connectivity index (χ1v) is 13.0. The molecule has 36 heavy (non-hydrogen) atoms. The number of ether oxygens (including phenoxy) is 3. The summed E-state index contributed by atoms with van der Waals surface area (Å²) in [6.07, 6.45) is -0.810. The second kappa shape index (κ2) is 11.3. The predicted octanol–water partition coefficient (Wildman–Crippen LogP) is 3.74. The minimum absolute atomic E-state index is 0.0527. The van der Waals surface area contributed by atoms with E-state index in [9.17, 15) is 14.4 Å². The zero-order valence-electron chi connectivity index (χ0n) is 20.9. The van der Waals surface area contributed by atoms with Crippen molar-refractivity contribution in [2.75, 3.05) is 25.1 Å². The summed E-state index contributed by atoms with van der Waals surface area (Å²) in [6, 6.07) is 14.7. The van der Waals surface area contributed by atoms with Gasteiger partial charge in [0.15, 0.2) is 6.10 Å². The molecule has 1 saturated heterocycles. The number of thioether (sulfide) groups is 1. The molecule has 2 aliphatic rings. The highest BCUT2D eigenvalue weighted by atomic mass is 32.2. The zero-order valence-corrected chi connectivity index (χ0v) is 21.7. The van der Waals surface area contributed by atoms with Gasteiger partial charge in [-0.25, -0.2) is 0 Å². The molecule has 3 unspecified atom stereocenters. The normalized spacial score (nSPS) is 23.3. The molecule has 0 bridgehead atoms. The number of nitrogens with one attached hydrogen (secondary N) is 1. The van der Waals surface area contributed by atoms with Crippen molar-refractivity contribution in [1.29, 1.82) is 0 Å². The number of methoxy groups -OCH3 is 1. The number of carbonyl (C=O) groups excluding carboxylic acids is 3. The van der Waals surface area contributed by atoms with Gasteiger partial charge in [0, 0.05) is 25.3 Å². The van der Waals surface area contributed by atoms with Crippen molar-refractivity contribution in [3.63, 3.8) is 0 Å². The van der Waals surface area contributed by atoms with Crippen LogP contribution in [-0.2, 0) is 23.9 Å². The second-order valence-corrected chi connectivity index (χ2v) is 10.3. The van der Waals surface area contributed by atoms with E-state index in [-0.39, 0.29) is 11.8 Å². The van der Waals surface area contributed by atoms with Crippen LogP contribution in [0.2, 0.25) is 0 Å². The topological polar surface area (TPSA) is 94.2 Å². The highest BCUT2D eigenvalue weighted by Gasteiger charge is 2.47. The molecule has 0 radical (unpaired) electrons. The number of para-hydroxylation sites is 1. The molecule has 0 saturated carbocycles. The van der Waals surface area contributed by atoms with Crippen molar-refractivity contribution in [3.8, 4) is 5.75 Å². The number of amides is 1. The van der Waals surface area contributed by atoms with Crippen LogP contribution in [0.25, 0.3) is 0 Å². The monoisotopic (exact) mass is 512 g/mol. The molecular formula is C27H32N2O6S. The Balaban J connectivity index is 1.85. The van der Waals surface area contributed by atoms with E-state index in [2.05, 4.69) is 5.32 Å². The minimum Gasteiger partial charge on any atom is -0.497 e. The van der Waals surface area contributed by atoms with Gasteiger partial charge < -0.3 is 24.4 Å². The Bertz CT molecular complexity index is 1100. The maximum absolute atomic E-state index is 14.4. The maximum Gasteiger partial charge on any atom is 0.303 e. The number of hydrogen-bond acceptors (Lipinski definition) is 8. The van der Waals surface area contributed by atoms with Gasteiger partial charge >= 0.3 is 11.9 Å². The van der Waals surface area contributed by atoms with Gasteiger partial charge in [-0.3, -0.25) is 14.4 Å². The molecule has 0 aromatic heterocycles. The maximum atomic E-state index is 14.4. The lowest BCUT2D eigenvalue weighted by molar-refractivity contribution is -0.154. The molecule has 0 spiro atoms. The van der Waals surface area contributed by atoms with E-state index >= 15 is 0 Å². The van der Waals surface area contributed by atoms with Crippen molar-refractivity contribution in [2.24, 2.45) is 5.92 Å². The zero-order chi connectivity index (χ0) is 25.8. The number of esters is 2. The van der Waals surface area contributed by atoms with Crippen LogP contribution < -0.4 is 15.0 Å². The molecule has 2 aromatic carbocycles. The molecule has 1 fully saturated rings. The van der Waals surface area contributed by atoms with E-state index in [0.717, 1.165) is 29.1 Å². The predicted molar refractivity (Wildman–Crippen MR) is 137 cm³/mol. The van der Waals surface area contributed by atoms with E-state index in [0.29, 0.717) is 12.3 Å². The fourth-order valence-corrected chi connectivity index (χ4v) is 6.39. The summed E-state index contributed by atoms with van der Waals surface area (Å²) >= 11 is 1.48. The molecular weight excluding hydrogens is 480 g/mol. The Morgan fingerprint density at radius 3 is 2.42 bits per heavy atom. The number of rotatable bonds is 7. The van der Waals surface area contributed by atoms with Crippen LogP contribution in [-0.4, -0.2) is 56.3 Å². The molecule has 9 heteroatoms. The fraction of sp³-hybridized carbons (Fsp3) is 0.444. The number of carbonyl (C=O) groups is 3.